The standard InChI is InChI=1S/C18H20N6O2P4/c25-17-9-3-1-7-15(17)13-23-11-5-6-12-24-14-16-8-2-4-10-18(16)26-29-19-27-21-30(23,24)22-28-20-29/h1-4,7-10H,5-6,11-14H2/p+1. The number of benzene rings is 2. The molecule has 4 heterocycles. The average Bonchev–Trinajstić information content (AvgIpc) is 2.90. The Balaban J connectivity index is 1.64. The van der Waals surface area contributed by atoms with Crippen LogP contribution in [0.5, 0.6) is 11.5 Å². The van der Waals surface area contributed by atoms with Crippen LogP contribution in [0.25, 0.3) is 0 Å². The molecule has 2 aromatic carbocycles. The van der Waals surface area contributed by atoms with Gasteiger partial charge in [0.25, 0.3) is 0 Å². The van der Waals surface area contributed by atoms with E-state index < -0.39 is 15.6 Å². The lowest BCUT2D eigenvalue weighted by atomic mass is 10.2. The molecular formula is C18H21N6O2P4+. The van der Waals surface area contributed by atoms with Gasteiger partial charge in [0.15, 0.2) is 5.75 Å². The predicted octanol–water partition coefficient (Wildman–Crippen LogP) is 7.43. The Kier molecular flexibility index (Phi) is 6.07. The van der Waals surface area contributed by atoms with Crippen molar-refractivity contribution >= 4 is 32.6 Å². The Morgan fingerprint density at radius 2 is 1.90 bits per heavy atom. The van der Waals surface area contributed by atoms with E-state index in [0.717, 1.165) is 49.4 Å². The van der Waals surface area contributed by atoms with Crippen LogP contribution in [0.1, 0.15) is 24.0 Å². The third kappa shape index (κ3) is 4.01. The Bertz CT molecular complexity index is 1110. The van der Waals surface area contributed by atoms with Crippen LogP contribution in [0.4, 0.5) is 0 Å². The van der Waals surface area contributed by atoms with Crippen LogP contribution in [0.3, 0.4) is 0 Å². The van der Waals surface area contributed by atoms with E-state index in [4.69, 9.17) is 13.6 Å². The third-order valence-corrected chi connectivity index (χ3v) is 12.2. The summed E-state index contributed by atoms with van der Waals surface area (Å²) in [5, 5.41) is 10.4. The molecule has 1 spiro atoms. The second kappa shape index (κ2) is 8.93. The summed E-state index contributed by atoms with van der Waals surface area (Å²) >= 11 is 0. The quantitative estimate of drug-likeness (QED) is 0.456. The molecule has 4 aliphatic rings. The van der Waals surface area contributed by atoms with Crippen molar-refractivity contribution in [2.24, 2.45) is 18.1 Å². The molecule has 12 heteroatoms. The molecule has 1 saturated heterocycles. The Labute approximate surface area is 180 Å². The normalized spacial score (nSPS) is 26.2. The molecule has 1 N–H and O–H groups in total. The van der Waals surface area contributed by atoms with Gasteiger partial charge in [0, 0.05) is 46.3 Å². The minimum Gasteiger partial charge on any atom is -0.508 e. The van der Waals surface area contributed by atoms with Crippen molar-refractivity contribution in [3.05, 3.63) is 59.7 Å². The minimum atomic E-state index is -2.42. The highest BCUT2D eigenvalue weighted by Crippen LogP contribution is 2.66. The van der Waals surface area contributed by atoms with Crippen LogP contribution in [0.15, 0.2) is 66.6 Å². The molecule has 0 aromatic heterocycles. The Morgan fingerprint density at radius 1 is 1.07 bits per heavy atom. The van der Waals surface area contributed by atoms with E-state index in [9.17, 15) is 5.11 Å². The maximum atomic E-state index is 10.4. The lowest BCUT2D eigenvalue weighted by Crippen LogP contribution is -2.29. The molecular weight excluding hydrogens is 456 g/mol. The van der Waals surface area contributed by atoms with Crippen molar-refractivity contribution < 1.29 is 9.63 Å². The highest BCUT2D eigenvalue weighted by Gasteiger charge is 2.39. The molecule has 0 amide bonds. The van der Waals surface area contributed by atoms with Crippen LogP contribution in [-0.4, -0.2) is 27.5 Å². The summed E-state index contributed by atoms with van der Waals surface area (Å²) in [7, 11) is -2.50. The zero-order valence-electron chi connectivity index (χ0n) is 16.2. The van der Waals surface area contributed by atoms with Crippen molar-refractivity contribution in [1.29, 1.82) is 0 Å². The minimum absolute atomic E-state index is 0.311. The SMILES string of the molecule is Oc1ccccc1CN1CCCCN2Cc3ccccc3O[P+]3=NP=NP12=NP=N3. The molecule has 0 saturated carbocycles. The molecule has 2 aromatic rings. The van der Waals surface area contributed by atoms with Gasteiger partial charge in [0.05, 0.1) is 0 Å². The zero-order chi connectivity index (χ0) is 20.4. The van der Waals surface area contributed by atoms with Crippen molar-refractivity contribution in [3.8, 4) is 11.5 Å². The van der Waals surface area contributed by atoms with Crippen molar-refractivity contribution in [2.75, 3.05) is 13.1 Å². The molecule has 1 fully saturated rings. The van der Waals surface area contributed by atoms with Gasteiger partial charge in [0.2, 0.25) is 24.6 Å². The molecule has 154 valence electrons. The van der Waals surface area contributed by atoms with Crippen LogP contribution in [0, 0.1) is 0 Å². The fraction of sp³-hybridized carbons (Fsp3) is 0.333. The number of hydrogen-bond donors (Lipinski definition) is 1. The second-order valence-electron chi connectivity index (χ2n) is 7.14. The van der Waals surface area contributed by atoms with Crippen LogP contribution < -0.4 is 4.52 Å². The van der Waals surface area contributed by atoms with Gasteiger partial charge in [-0.1, -0.05) is 36.4 Å². The van der Waals surface area contributed by atoms with Gasteiger partial charge < -0.3 is 5.11 Å². The van der Waals surface area contributed by atoms with Crippen molar-refractivity contribution in [3.63, 3.8) is 0 Å². The summed E-state index contributed by atoms with van der Waals surface area (Å²) < 4.78 is 30.3. The maximum absolute atomic E-state index is 10.4. The average molecular weight is 477 g/mol. The topological polar surface area (TPSA) is 85.4 Å². The van der Waals surface area contributed by atoms with E-state index in [1.54, 1.807) is 6.07 Å². The third-order valence-electron chi connectivity index (χ3n) is 5.24. The van der Waals surface area contributed by atoms with Crippen LogP contribution in [-0.2, 0) is 13.1 Å². The van der Waals surface area contributed by atoms with Gasteiger partial charge in [0.1, 0.15) is 5.75 Å². The summed E-state index contributed by atoms with van der Waals surface area (Å²) in [4.78, 5) is 0. The van der Waals surface area contributed by atoms with Gasteiger partial charge in [-0.25, -0.2) is 13.9 Å². The summed E-state index contributed by atoms with van der Waals surface area (Å²) in [5.41, 5.74) is 2.01. The number of para-hydroxylation sites is 2. The first kappa shape index (κ1) is 20.4. The van der Waals surface area contributed by atoms with Crippen LogP contribution in [0.2, 0.25) is 0 Å². The molecule has 2 atom stereocenters. The lowest BCUT2D eigenvalue weighted by molar-refractivity contribution is 0.395. The fourth-order valence-corrected chi connectivity index (χ4v) is 11.3. The summed E-state index contributed by atoms with van der Waals surface area (Å²) in [6, 6.07) is 15.7. The van der Waals surface area contributed by atoms with Gasteiger partial charge in [-0.2, -0.15) is 9.03 Å². The number of aromatic hydroxyl groups is 1. The summed E-state index contributed by atoms with van der Waals surface area (Å²) in [6.07, 6.45) is 2.13. The highest BCUT2D eigenvalue weighted by atomic mass is 31.2. The second-order valence-corrected chi connectivity index (χ2v) is 13.2. The van der Waals surface area contributed by atoms with Gasteiger partial charge >= 0.3 is 8.09 Å². The smallest absolute Gasteiger partial charge is 0.508 e. The lowest BCUT2D eigenvalue weighted by Gasteiger charge is -2.38. The van der Waals surface area contributed by atoms with Crippen LogP contribution >= 0.6 is 32.6 Å². The van der Waals surface area contributed by atoms with Gasteiger partial charge in [-0.15, -0.1) is 0 Å². The van der Waals surface area contributed by atoms with E-state index in [0.29, 0.717) is 29.3 Å². The highest BCUT2D eigenvalue weighted by molar-refractivity contribution is 7.68. The van der Waals surface area contributed by atoms with E-state index in [2.05, 4.69) is 24.4 Å². The molecule has 8 nitrogen and oxygen atoms in total. The molecule has 30 heavy (non-hydrogen) atoms. The Morgan fingerprint density at radius 3 is 2.83 bits per heavy atom. The molecule has 4 aliphatic heterocycles. The van der Waals surface area contributed by atoms with E-state index >= 15 is 0 Å². The first-order valence-corrected chi connectivity index (χ1v) is 14.1. The number of phenolic OH excluding ortho intramolecular Hbond substituents is 1. The maximum Gasteiger partial charge on any atom is 0.600 e. The molecule has 2 unspecified atom stereocenters. The Hall–Kier alpha value is -1.51. The number of fused-ring (bicyclic) bond motifs is 2. The number of phenols is 1. The molecule has 0 aliphatic carbocycles. The van der Waals surface area contributed by atoms with Gasteiger partial charge in [-0.3, -0.25) is 0 Å². The van der Waals surface area contributed by atoms with Crippen molar-refractivity contribution in [1.82, 2.24) is 9.34 Å². The molecule has 6 rings (SSSR count). The summed E-state index contributed by atoms with van der Waals surface area (Å²) in [5.74, 6) is 1.16. The van der Waals surface area contributed by atoms with E-state index in [-0.39, 0.29) is 0 Å². The number of hydrogen-bond acceptors (Lipinski definition) is 8. The first-order valence-electron chi connectivity index (χ1n) is 9.74. The van der Waals surface area contributed by atoms with E-state index in [1.807, 2.05) is 36.4 Å². The first-order chi connectivity index (χ1) is 14.7. The van der Waals surface area contributed by atoms with Crippen molar-refractivity contribution in [2.45, 2.75) is 25.9 Å². The number of rotatable bonds is 2. The fourth-order valence-electron chi connectivity index (χ4n) is 3.74. The molecule has 2 bridgehead atoms. The van der Waals surface area contributed by atoms with E-state index in [1.165, 1.54) is 0 Å². The predicted molar refractivity (Wildman–Crippen MR) is 123 cm³/mol. The summed E-state index contributed by atoms with van der Waals surface area (Å²) in [6.45, 7) is 3.11. The van der Waals surface area contributed by atoms with Gasteiger partial charge in [-0.05, 0) is 25.0 Å². The molecule has 0 radical (unpaired) electrons. The zero-order valence-corrected chi connectivity index (χ0v) is 19.8. The largest absolute Gasteiger partial charge is 0.600 e. The number of nitrogens with zero attached hydrogens (tertiary/aromatic N) is 6. The monoisotopic (exact) mass is 477 g/mol.